The molecule has 0 unspecified atom stereocenters. The summed E-state index contributed by atoms with van der Waals surface area (Å²) >= 11 is 0. The molecule has 1 aliphatic rings. The van der Waals surface area contributed by atoms with Gasteiger partial charge in [-0.3, -0.25) is 10.1 Å². The Kier molecular flexibility index (Phi) is 5.23. The topological polar surface area (TPSA) is 72.1 Å². The Morgan fingerprint density at radius 1 is 1.07 bits per heavy atom. The molecule has 0 amide bonds. The van der Waals surface area contributed by atoms with E-state index in [1.54, 1.807) is 13.3 Å². The van der Waals surface area contributed by atoms with Crippen LogP contribution in [0, 0.1) is 0 Å². The van der Waals surface area contributed by atoms with Gasteiger partial charge in [-0.2, -0.15) is 5.10 Å². The van der Waals surface area contributed by atoms with Gasteiger partial charge in [0.25, 0.3) is 0 Å². The summed E-state index contributed by atoms with van der Waals surface area (Å²) in [4.78, 5) is 4.32. The Labute approximate surface area is 158 Å². The summed E-state index contributed by atoms with van der Waals surface area (Å²) in [7, 11) is 1.68. The van der Waals surface area contributed by atoms with Crippen LogP contribution in [-0.4, -0.2) is 28.4 Å². The van der Waals surface area contributed by atoms with Crippen molar-refractivity contribution < 1.29 is 9.47 Å². The lowest BCUT2D eigenvalue weighted by Gasteiger charge is -2.17. The van der Waals surface area contributed by atoms with Crippen molar-refractivity contribution in [3.8, 4) is 22.6 Å². The van der Waals surface area contributed by atoms with E-state index < -0.39 is 0 Å². The first-order chi connectivity index (χ1) is 13.3. The lowest BCUT2D eigenvalue weighted by atomic mass is 10.1. The molecule has 1 saturated carbocycles. The Morgan fingerprint density at radius 3 is 2.74 bits per heavy atom. The monoisotopic (exact) mass is 364 g/mol. The number of benzene rings is 1. The molecule has 0 bridgehead atoms. The zero-order valence-electron chi connectivity index (χ0n) is 15.4. The number of hydrogen-bond acceptors (Lipinski definition) is 5. The summed E-state index contributed by atoms with van der Waals surface area (Å²) in [5.41, 5.74) is 4.14. The maximum atomic E-state index is 6.18. The molecule has 2 N–H and O–H groups in total. The Bertz CT molecular complexity index is 874. The minimum atomic E-state index is 0.304. The normalized spacial score (nSPS) is 14.3. The highest BCUT2D eigenvalue weighted by Gasteiger charge is 2.18. The summed E-state index contributed by atoms with van der Waals surface area (Å²) in [6, 6.07) is 8.16. The van der Waals surface area contributed by atoms with Crippen molar-refractivity contribution in [3.63, 3.8) is 0 Å². The number of rotatable bonds is 7. The summed E-state index contributed by atoms with van der Waals surface area (Å²) in [5.74, 6) is 1.61. The number of pyridine rings is 1. The van der Waals surface area contributed by atoms with Crippen LogP contribution in [0.4, 0.5) is 5.69 Å². The third kappa shape index (κ3) is 4.22. The number of aromatic nitrogens is 3. The van der Waals surface area contributed by atoms with E-state index in [-0.39, 0.29) is 0 Å². The van der Waals surface area contributed by atoms with Crippen LogP contribution in [-0.2, 0) is 6.54 Å². The van der Waals surface area contributed by atoms with Crippen molar-refractivity contribution in [3.05, 3.63) is 54.6 Å². The zero-order chi connectivity index (χ0) is 18.5. The van der Waals surface area contributed by atoms with Gasteiger partial charge in [0.2, 0.25) is 0 Å². The molecule has 27 heavy (non-hydrogen) atoms. The molecule has 0 atom stereocenters. The van der Waals surface area contributed by atoms with E-state index in [0.29, 0.717) is 12.6 Å². The molecule has 2 heterocycles. The summed E-state index contributed by atoms with van der Waals surface area (Å²) in [6.07, 6.45) is 12.3. The molecule has 0 radical (unpaired) electrons. The van der Waals surface area contributed by atoms with Crippen LogP contribution in [0.2, 0.25) is 0 Å². The van der Waals surface area contributed by atoms with E-state index in [0.717, 1.165) is 46.7 Å². The molecule has 6 nitrogen and oxygen atoms in total. The molecular weight excluding hydrogens is 340 g/mol. The smallest absolute Gasteiger partial charge is 0.161 e. The van der Waals surface area contributed by atoms with Crippen molar-refractivity contribution >= 4 is 5.69 Å². The highest BCUT2D eigenvalue weighted by Crippen LogP contribution is 2.32. The SMILES string of the molecule is COc1ccc(CNc2cncc(-c3cn[nH]c3)c2)cc1OC1CCCC1. The van der Waals surface area contributed by atoms with E-state index in [9.17, 15) is 0 Å². The molecule has 0 spiro atoms. The first kappa shape index (κ1) is 17.4. The molecule has 4 rings (SSSR count). The van der Waals surface area contributed by atoms with Crippen LogP contribution in [0.5, 0.6) is 11.5 Å². The van der Waals surface area contributed by atoms with Crippen LogP contribution in [0.15, 0.2) is 49.1 Å². The lowest BCUT2D eigenvalue weighted by molar-refractivity contribution is 0.200. The van der Waals surface area contributed by atoms with Gasteiger partial charge in [-0.05, 0) is 49.4 Å². The second kappa shape index (κ2) is 8.12. The number of H-pyrrole nitrogens is 1. The first-order valence-corrected chi connectivity index (χ1v) is 9.33. The van der Waals surface area contributed by atoms with Crippen molar-refractivity contribution in [1.82, 2.24) is 15.2 Å². The second-order valence-electron chi connectivity index (χ2n) is 6.81. The number of hydrogen-bond donors (Lipinski definition) is 2. The Hall–Kier alpha value is -3.02. The average molecular weight is 364 g/mol. The van der Waals surface area contributed by atoms with Gasteiger partial charge in [0.15, 0.2) is 11.5 Å². The third-order valence-corrected chi connectivity index (χ3v) is 4.89. The predicted molar refractivity (Wildman–Crippen MR) is 105 cm³/mol. The summed E-state index contributed by atoms with van der Waals surface area (Å²) < 4.78 is 11.6. The number of ether oxygens (including phenoxy) is 2. The largest absolute Gasteiger partial charge is 0.493 e. The molecule has 1 aromatic carbocycles. The van der Waals surface area contributed by atoms with Gasteiger partial charge in [0.1, 0.15) is 0 Å². The minimum absolute atomic E-state index is 0.304. The molecular formula is C21H24N4O2. The summed E-state index contributed by atoms with van der Waals surface area (Å²) in [5, 5.41) is 10.3. The molecule has 3 aromatic rings. The van der Waals surface area contributed by atoms with Gasteiger partial charge < -0.3 is 14.8 Å². The fraction of sp³-hybridized carbons (Fsp3) is 0.333. The van der Waals surface area contributed by atoms with Gasteiger partial charge >= 0.3 is 0 Å². The number of nitrogens with one attached hydrogen (secondary N) is 2. The van der Waals surface area contributed by atoms with E-state index in [2.05, 4.69) is 38.7 Å². The van der Waals surface area contributed by atoms with Crippen molar-refractivity contribution in [2.75, 3.05) is 12.4 Å². The molecule has 1 fully saturated rings. The summed E-state index contributed by atoms with van der Waals surface area (Å²) in [6.45, 7) is 0.682. The first-order valence-electron chi connectivity index (χ1n) is 9.33. The molecule has 0 aliphatic heterocycles. The van der Waals surface area contributed by atoms with Crippen LogP contribution in [0.1, 0.15) is 31.2 Å². The second-order valence-corrected chi connectivity index (χ2v) is 6.81. The van der Waals surface area contributed by atoms with Crippen molar-refractivity contribution in [1.29, 1.82) is 0 Å². The van der Waals surface area contributed by atoms with Gasteiger partial charge in [-0.15, -0.1) is 0 Å². The minimum Gasteiger partial charge on any atom is -0.493 e. The van der Waals surface area contributed by atoms with Crippen LogP contribution >= 0.6 is 0 Å². The maximum Gasteiger partial charge on any atom is 0.161 e. The van der Waals surface area contributed by atoms with Crippen molar-refractivity contribution in [2.24, 2.45) is 0 Å². The molecule has 6 heteroatoms. The van der Waals surface area contributed by atoms with Crippen LogP contribution < -0.4 is 14.8 Å². The molecule has 0 saturated heterocycles. The van der Waals surface area contributed by atoms with Gasteiger partial charge in [0, 0.05) is 36.3 Å². The Morgan fingerprint density at radius 2 is 1.96 bits per heavy atom. The Balaban J connectivity index is 1.45. The van der Waals surface area contributed by atoms with Crippen molar-refractivity contribution in [2.45, 2.75) is 38.3 Å². The van der Waals surface area contributed by atoms with Crippen LogP contribution in [0.25, 0.3) is 11.1 Å². The molecule has 1 aliphatic carbocycles. The number of aromatic amines is 1. The van der Waals surface area contributed by atoms with E-state index in [1.807, 2.05) is 24.7 Å². The third-order valence-electron chi connectivity index (χ3n) is 4.89. The highest BCUT2D eigenvalue weighted by atomic mass is 16.5. The van der Waals surface area contributed by atoms with E-state index in [1.165, 1.54) is 12.8 Å². The van der Waals surface area contributed by atoms with E-state index in [4.69, 9.17) is 9.47 Å². The quantitative estimate of drug-likeness (QED) is 0.649. The van der Waals surface area contributed by atoms with Crippen LogP contribution in [0.3, 0.4) is 0 Å². The predicted octanol–water partition coefficient (Wildman–Crippen LogP) is 4.41. The average Bonchev–Trinajstić information content (AvgIpc) is 3.41. The molecule has 140 valence electrons. The number of anilines is 1. The number of nitrogens with zero attached hydrogens (tertiary/aromatic N) is 2. The fourth-order valence-corrected chi connectivity index (χ4v) is 3.42. The zero-order valence-corrected chi connectivity index (χ0v) is 15.4. The van der Waals surface area contributed by atoms with E-state index >= 15 is 0 Å². The van der Waals surface area contributed by atoms with Gasteiger partial charge in [-0.25, -0.2) is 0 Å². The lowest BCUT2D eigenvalue weighted by Crippen LogP contribution is -2.12. The van der Waals surface area contributed by atoms with Gasteiger partial charge in [0.05, 0.1) is 25.1 Å². The fourth-order valence-electron chi connectivity index (χ4n) is 3.42. The molecule has 2 aromatic heterocycles. The number of methoxy groups -OCH3 is 1. The van der Waals surface area contributed by atoms with Gasteiger partial charge in [-0.1, -0.05) is 6.07 Å². The standard InChI is InChI=1S/C21H24N4O2/c1-26-20-7-6-15(8-21(20)27-19-4-2-3-5-19)10-23-18-9-16(11-22-14-18)17-12-24-25-13-17/h6-9,11-14,19,23H,2-5,10H2,1H3,(H,24,25). The maximum absolute atomic E-state index is 6.18. The highest BCUT2D eigenvalue weighted by molar-refractivity contribution is 5.65.